The Hall–Kier alpha value is -1.76. The van der Waals surface area contributed by atoms with E-state index in [1.807, 2.05) is 6.92 Å². The van der Waals surface area contributed by atoms with E-state index in [2.05, 4.69) is 5.32 Å². The molecule has 22 heavy (non-hydrogen) atoms. The van der Waals surface area contributed by atoms with Gasteiger partial charge in [0.2, 0.25) is 5.91 Å². The highest BCUT2D eigenvalue weighted by Crippen LogP contribution is 2.28. The van der Waals surface area contributed by atoms with Crippen LogP contribution >= 0.6 is 0 Å². The van der Waals surface area contributed by atoms with Gasteiger partial charge < -0.3 is 15.3 Å². The van der Waals surface area contributed by atoms with Crippen molar-refractivity contribution < 1.29 is 23.1 Å². The van der Waals surface area contributed by atoms with Crippen LogP contribution in [0.5, 0.6) is 5.75 Å². The zero-order valence-electron chi connectivity index (χ0n) is 12.2. The molecule has 0 bridgehead atoms. The number of carbonyl (C=O) groups excluding carboxylic acids is 1. The number of rotatable bonds is 5. The summed E-state index contributed by atoms with van der Waals surface area (Å²) in [7, 11) is 0. The third-order valence-corrected chi connectivity index (χ3v) is 3.74. The van der Waals surface area contributed by atoms with E-state index in [0.717, 1.165) is 4.90 Å². The number of aromatic hydroxyl groups is 1. The molecule has 2 rings (SSSR count). The Morgan fingerprint density at radius 3 is 2.68 bits per heavy atom. The van der Waals surface area contributed by atoms with Gasteiger partial charge in [-0.2, -0.15) is 13.2 Å². The second-order valence-electron chi connectivity index (χ2n) is 5.48. The number of phenolic OH excluding ortho intramolecular Hbond substituents is 1. The SMILES string of the molecule is CC[C@@H](N[C@@H]1CC(=O)N(CC(F)(F)F)C1)c1ccccc1O. The smallest absolute Gasteiger partial charge is 0.406 e. The number of likely N-dealkylation sites (tertiary alicyclic amines) is 1. The molecule has 4 nitrogen and oxygen atoms in total. The van der Waals surface area contributed by atoms with E-state index in [0.29, 0.717) is 12.0 Å². The number of phenols is 1. The number of halogens is 3. The van der Waals surface area contributed by atoms with Gasteiger partial charge in [-0.1, -0.05) is 25.1 Å². The zero-order chi connectivity index (χ0) is 16.3. The Labute approximate surface area is 126 Å². The lowest BCUT2D eigenvalue weighted by Gasteiger charge is -2.23. The molecule has 122 valence electrons. The van der Waals surface area contributed by atoms with E-state index >= 15 is 0 Å². The molecule has 2 atom stereocenters. The lowest BCUT2D eigenvalue weighted by molar-refractivity contribution is -0.157. The van der Waals surface area contributed by atoms with Crippen LogP contribution in [0.25, 0.3) is 0 Å². The van der Waals surface area contributed by atoms with Crippen LogP contribution in [0.1, 0.15) is 31.4 Å². The minimum atomic E-state index is -4.38. The molecule has 0 spiro atoms. The third kappa shape index (κ3) is 4.13. The first-order valence-electron chi connectivity index (χ1n) is 7.18. The Morgan fingerprint density at radius 2 is 2.09 bits per heavy atom. The van der Waals surface area contributed by atoms with Gasteiger partial charge in [-0.15, -0.1) is 0 Å². The quantitative estimate of drug-likeness (QED) is 0.878. The fourth-order valence-electron chi connectivity index (χ4n) is 2.75. The molecule has 1 amide bonds. The minimum Gasteiger partial charge on any atom is -0.508 e. The van der Waals surface area contributed by atoms with Crippen LogP contribution in [0, 0.1) is 0 Å². The number of alkyl halides is 3. The van der Waals surface area contributed by atoms with Gasteiger partial charge in [0, 0.05) is 30.6 Å². The van der Waals surface area contributed by atoms with E-state index in [1.54, 1.807) is 24.3 Å². The number of nitrogens with one attached hydrogen (secondary N) is 1. The fraction of sp³-hybridized carbons (Fsp3) is 0.533. The Bertz CT molecular complexity index is 534. The van der Waals surface area contributed by atoms with Gasteiger partial charge >= 0.3 is 6.18 Å². The van der Waals surface area contributed by atoms with E-state index in [1.165, 1.54) is 0 Å². The molecule has 0 radical (unpaired) electrons. The number of benzene rings is 1. The number of hydrogen-bond donors (Lipinski definition) is 2. The molecule has 0 aliphatic carbocycles. The van der Waals surface area contributed by atoms with Crippen molar-refractivity contribution in [2.45, 2.75) is 38.0 Å². The summed E-state index contributed by atoms with van der Waals surface area (Å²) in [4.78, 5) is 12.5. The highest BCUT2D eigenvalue weighted by atomic mass is 19.4. The number of para-hydroxylation sites is 1. The highest BCUT2D eigenvalue weighted by Gasteiger charge is 2.38. The molecule has 0 saturated carbocycles. The van der Waals surface area contributed by atoms with E-state index in [4.69, 9.17) is 0 Å². The second-order valence-corrected chi connectivity index (χ2v) is 5.48. The first-order chi connectivity index (χ1) is 10.3. The van der Waals surface area contributed by atoms with Gasteiger partial charge in [0.15, 0.2) is 0 Å². The maximum Gasteiger partial charge on any atom is 0.406 e. The maximum atomic E-state index is 12.4. The average Bonchev–Trinajstić information content (AvgIpc) is 2.75. The van der Waals surface area contributed by atoms with Crippen LogP contribution in [0.2, 0.25) is 0 Å². The molecular formula is C15H19F3N2O2. The summed E-state index contributed by atoms with van der Waals surface area (Å²) in [5.74, 6) is -0.361. The summed E-state index contributed by atoms with van der Waals surface area (Å²) in [5, 5.41) is 13.1. The van der Waals surface area contributed by atoms with Crippen LogP contribution in [0.15, 0.2) is 24.3 Å². The lowest BCUT2D eigenvalue weighted by Crippen LogP contribution is -2.38. The standard InChI is InChI=1S/C15H19F3N2O2/c1-2-12(11-5-3-4-6-13(11)21)19-10-7-14(22)20(8-10)9-15(16,17)18/h3-6,10,12,19,21H,2,7-9H2,1H3/t10-,12-/m1/s1. The molecule has 2 N–H and O–H groups in total. The van der Waals surface area contributed by atoms with Crippen LogP contribution in [-0.4, -0.2) is 41.2 Å². The average molecular weight is 316 g/mol. The molecule has 1 aromatic rings. The van der Waals surface area contributed by atoms with Crippen molar-refractivity contribution >= 4 is 5.91 Å². The van der Waals surface area contributed by atoms with Gasteiger partial charge in [0.05, 0.1) is 0 Å². The topological polar surface area (TPSA) is 52.6 Å². The van der Waals surface area contributed by atoms with Crippen molar-refractivity contribution in [2.24, 2.45) is 0 Å². The van der Waals surface area contributed by atoms with E-state index < -0.39 is 18.6 Å². The van der Waals surface area contributed by atoms with Crippen LogP contribution in [0.3, 0.4) is 0 Å². The number of carbonyl (C=O) groups is 1. The summed E-state index contributed by atoms with van der Waals surface area (Å²) >= 11 is 0. The molecular weight excluding hydrogens is 297 g/mol. The Kier molecular flexibility index (Phi) is 4.95. The molecule has 0 unspecified atom stereocenters. The molecule has 1 aromatic carbocycles. The molecule has 7 heteroatoms. The maximum absolute atomic E-state index is 12.4. The van der Waals surface area contributed by atoms with E-state index in [-0.39, 0.29) is 30.8 Å². The molecule has 1 fully saturated rings. The summed E-state index contributed by atoms with van der Waals surface area (Å²) in [6.45, 7) is 0.730. The molecule has 1 aliphatic heterocycles. The van der Waals surface area contributed by atoms with Crippen LogP contribution in [-0.2, 0) is 4.79 Å². The highest BCUT2D eigenvalue weighted by molar-refractivity contribution is 5.79. The first kappa shape index (κ1) is 16.6. The Morgan fingerprint density at radius 1 is 1.41 bits per heavy atom. The largest absolute Gasteiger partial charge is 0.508 e. The molecule has 1 saturated heterocycles. The van der Waals surface area contributed by atoms with Gasteiger partial charge in [-0.3, -0.25) is 4.79 Å². The second kappa shape index (κ2) is 6.56. The van der Waals surface area contributed by atoms with Gasteiger partial charge in [0.1, 0.15) is 12.3 Å². The van der Waals surface area contributed by atoms with Crippen molar-refractivity contribution in [3.63, 3.8) is 0 Å². The van der Waals surface area contributed by atoms with Gasteiger partial charge in [-0.05, 0) is 12.5 Å². The monoisotopic (exact) mass is 316 g/mol. The first-order valence-corrected chi connectivity index (χ1v) is 7.18. The minimum absolute atomic E-state index is 0.0302. The van der Waals surface area contributed by atoms with Gasteiger partial charge in [-0.25, -0.2) is 0 Å². The number of amides is 1. The fourth-order valence-corrected chi connectivity index (χ4v) is 2.75. The van der Waals surface area contributed by atoms with Crippen molar-refractivity contribution in [3.05, 3.63) is 29.8 Å². The van der Waals surface area contributed by atoms with Crippen molar-refractivity contribution in [3.8, 4) is 5.75 Å². The molecule has 1 heterocycles. The summed E-state index contributed by atoms with van der Waals surface area (Å²) in [6, 6.07) is 6.27. The van der Waals surface area contributed by atoms with Crippen LogP contribution in [0.4, 0.5) is 13.2 Å². The summed E-state index contributed by atoms with van der Waals surface area (Å²) in [5.41, 5.74) is 0.687. The number of hydrogen-bond acceptors (Lipinski definition) is 3. The number of nitrogens with zero attached hydrogens (tertiary/aromatic N) is 1. The van der Waals surface area contributed by atoms with Gasteiger partial charge in [0.25, 0.3) is 0 Å². The van der Waals surface area contributed by atoms with Crippen molar-refractivity contribution in [1.29, 1.82) is 0 Å². The normalized spacial score (nSPS) is 20.5. The van der Waals surface area contributed by atoms with Crippen LogP contribution < -0.4 is 5.32 Å². The molecule has 0 aromatic heterocycles. The predicted octanol–water partition coefficient (Wildman–Crippen LogP) is 2.60. The van der Waals surface area contributed by atoms with Crippen molar-refractivity contribution in [1.82, 2.24) is 10.2 Å². The zero-order valence-corrected chi connectivity index (χ0v) is 12.2. The predicted molar refractivity (Wildman–Crippen MR) is 75.3 cm³/mol. The molecule has 1 aliphatic rings. The Balaban J connectivity index is 2.01. The van der Waals surface area contributed by atoms with Crippen molar-refractivity contribution in [2.75, 3.05) is 13.1 Å². The third-order valence-electron chi connectivity index (χ3n) is 3.74. The van der Waals surface area contributed by atoms with E-state index in [9.17, 15) is 23.1 Å². The lowest BCUT2D eigenvalue weighted by atomic mass is 10.0. The summed E-state index contributed by atoms with van der Waals surface area (Å²) < 4.78 is 37.2. The summed E-state index contributed by atoms with van der Waals surface area (Å²) in [6.07, 6.45) is -3.69.